The molecule has 0 unspecified atom stereocenters. The summed E-state index contributed by atoms with van der Waals surface area (Å²) in [5, 5.41) is 0.826. The molecule has 6 heteroatoms. The number of piperidine rings is 1. The van der Waals surface area contributed by atoms with E-state index in [-0.39, 0.29) is 4.90 Å². The second kappa shape index (κ2) is 6.70. The van der Waals surface area contributed by atoms with Crippen LogP contribution >= 0.6 is 0 Å². The summed E-state index contributed by atoms with van der Waals surface area (Å²) in [5.74, 6) is 0. The van der Waals surface area contributed by atoms with Gasteiger partial charge < -0.3 is 4.42 Å². The van der Waals surface area contributed by atoms with Gasteiger partial charge in [0.1, 0.15) is 5.58 Å². The Hall–Kier alpha value is -2.44. The molecule has 0 N–H and O–H groups in total. The Kier molecular flexibility index (Phi) is 4.38. The molecule has 1 aliphatic heterocycles. The molecule has 3 aromatic rings. The molecule has 1 aromatic heterocycles. The van der Waals surface area contributed by atoms with Gasteiger partial charge in [0.25, 0.3) is 0 Å². The topological polar surface area (TPSA) is 67.6 Å². The first-order valence-electron chi connectivity index (χ1n) is 8.69. The highest BCUT2D eigenvalue weighted by atomic mass is 32.2. The van der Waals surface area contributed by atoms with Crippen molar-refractivity contribution in [1.29, 1.82) is 0 Å². The number of benzene rings is 2. The van der Waals surface area contributed by atoms with E-state index in [2.05, 4.69) is 0 Å². The average Bonchev–Trinajstić information content (AvgIpc) is 2.68. The Balaban J connectivity index is 1.70. The number of fused-ring (bicyclic) bond motifs is 1. The Morgan fingerprint density at radius 1 is 0.885 bits per heavy atom. The van der Waals surface area contributed by atoms with Crippen LogP contribution in [0.4, 0.5) is 0 Å². The Morgan fingerprint density at radius 2 is 1.58 bits per heavy atom. The van der Waals surface area contributed by atoms with E-state index in [1.165, 1.54) is 4.31 Å². The van der Waals surface area contributed by atoms with Gasteiger partial charge in [-0.05, 0) is 42.7 Å². The number of hydrogen-bond acceptors (Lipinski definition) is 4. The van der Waals surface area contributed by atoms with Crippen molar-refractivity contribution in [2.24, 2.45) is 0 Å². The number of sulfonamides is 1. The zero-order valence-electron chi connectivity index (χ0n) is 14.2. The lowest BCUT2D eigenvalue weighted by atomic mass is 10.1. The van der Waals surface area contributed by atoms with Crippen molar-refractivity contribution in [1.82, 2.24) is 4.31 Å². The minimum atomic E-state index is -3.47. The summed E-state index contributed by atoms with van der Waals surface area (Å²) in [6.07, 6.45) is 2.87. The Labute approximate surface area is 151 Å². The number of nitrogens with zero attached hydrogens (tertiary/aromatic N) is 1. The molecule has 0 bridgehead atoms. The Bertz CT molecular complexity index is 1090. The van der Waals surface area contributed by atoms with Crippen molar-refractivity contribution in [3.05, 3.63) is 65.0 Å². The third kappa shape index (κ3) is 3.06. The van der Waals surface area contributed by atoms with Crippen molar-refractivity contribution < 1.29 is 12.8 Å². The van der Waals surface area contributed by atoms with Crippen molar-refractivity contribution in [3.8, 4) is 11.1 Å². The maximum Gasteiger partial charge on any atom is 0.344 e. The Morgan fingerprint density at radius 3 is 2.31 bits per heavy atom. The normalized spacial score (nSPS) is 16.0. The molecule has 0 spiro atoms. The van der Waals surface area contributed by atoms with E-state index in [4.69, 9.17) is 4.42 Å². The van der Waals surface area contributed by atoms with E-state index in [9.17, 15) is 13.2 Å². The zero-order valence-corrected chi connectivity index (χ0v) is 15.0. The summed E-state index contributed by atoms with van der Waals surface area (Å²) >= 11 is 0. The molecule has 134 valence electrons. The first kappa shape index (κ1) is 17.0. The van der Waals surface area contributed by atoms with Crippen molar-refractivity contribution in [2.75, 3.05) is 13.1 Å². The van der Waals surface area contributed by atoms with Crippen LogP contribution in [-0.2, 0) is 10.0 Å². The van der Waals surface area contributed by atoms with Gasteiger partial charge in [0.15, 0.2) is 0 Å². The second-order valence-corrected chi connectivity index (χ2v) is 8.41. The van der Waals surface area contributed by atoms with Crippen molar-refractivity contribution in [3.63, 3.8) is 0 Å². The van der Waals surface area contributed by atoms with Crippen LogP contribution in [0.1, 0.15) is 19.3 Å². The molecule has 2 heterocycles. The van der Waals surface area contributed by atoms with Crippen LogP contribution < -0.4 is 5.63 Å². The number of para-hydroxylation sites is 1. The summed E-state index contributed by atoms with van der Waals surface area (Å²) in [5.41, 5.74) is 1.16. The minimum absolute atomic E-state index is 0.258. The SMILES string of the molecule is O=c1oc2ccccc2cc1-c1ccc(S(=O)(=O)N2CCCCC2)cc1. The van der Waals surface area contributed by atoms with Crippen LogP contribution in [0.15, 0.2) is 68.7 Å². The third-order valence-electron chi connectivity index (χ3n) is 4.76. The quantitative estimate of drug-likeness (QED) is 0.661. The third-order valence-corrected chi connectivity index (χ3v) is 6.67. The van der Waals surface area contributed by atoms with Gasteiger partial charge in [-0.15, -0.1) is 0 Å². The smallest absolute Gasteiger partial charge is 0.344 e. The van der Waals surface area contributed by atoms with Crippen LogP contribution in [0.3, 0.4) is 0 Å². The largest absolute Gasteiger partial charge is 0.422 e. The maximum atomic E-state index is 12.7. The summed E-state index contributed by atoms with van der Waals surface area (Å²) in [6, 6.07) is 15.5. The fourth-order valence-electron chi connectivity index (χ4n) is 3.32. The molecule has 2 aromatic carbocycles. The summed E-state index contributed by atoms with van der Waals surface area (Å²) in [7, 11) is -3.47. The van der Waals surface area contributed by atoms with Gasteiger partial charge in [-0.25, -0.2) is 13.2 Å². The molecule has 1 fully saturated rings. The fraction of sp³-hybridized carbons (Fsp3) is 0.250. The molecule has 4 rings (SSSR count). The average molecular weight is 369 g/mol. The van der Waals surface area contributed by atoms with Crippen LogP contribution in [0.25, 0.3) is 22.1 Å². The van der Waals surface area contributed by atoms with Gasteiger partial charge in [0.2, 0.25) is 10.0 Å². The second-order valence-electron chi connectivity index (χ2n) is 6.47. The first-order valence-corrected chi connectivity index (χ1v) is 10.1. The van der Waals surface area contributed by atoms with Crippen LogP contribution in [0, 0.1) is 0 Å². The van der Waals surface area contributed by atoms with Crippen LogP contribution in [0.2, 0.25) is 0 Å². The number of rotatable bonds is 3. The van der Waals surface area contributed by atoms with Crippen molar-refractivity contribution in [2.45, 2.75) is 24.2 Å². The molecule has 1 saturated heterocycles. The van der Waals surface area contributed by atoms with E-state index in [1.54, 1.807) is 36.4 Å². The van der Waals surface area contributed by atoms with E-state index in [0.717, 1.165) is 24.6 Å². The van der Waals surface area contributed by atoms with Gasteiger partial charge in [0.05, 0.1) is 10.5 Å². The van der Waals surface area contributed by atoms with E-state index in [1.807, 2.05) is 18.2 Å². The van der Waals surface area contributed by atoms with Crippen molar-refractivity contribution >= 4 is 21.0 Å². The predicted octanol–water partition coefficient (Wildman–Crippen LogP) is 3.63. The van der Waals surface area contributed by atoms with E-state index < -0.39 is 15.6 Å². The van der Waals surface area contributed by atoms with Crippen LogP contribution in [0.5, 0.6) is 0 Å². The standard InChI is InChI=1S/C20H19NO4S/c22-20-18(14-16-6-2-3-7-19(16)25-20)15-8-10-17(11-9-15)26(23,24)21-12-4-1-5-13-21/h2-3,6-11,14H,1,4-5,12-13H2. The predicted molar refractivity (Wildman–Crippen MR) is 101 cm³/mol. The van der Waals surface area contributed by atoms with E-state index in [0.29, 0.717) is 29.8 Å². The molecular formula is C20H19NO4S. The van der Waals surface area contributed by atoms with Gasteiger partial charge in [-0.2, -0.15) is 4.31 Å². The lowest BCUT2D eigenvalue weighted by Gasteiger charge is -2.25. The summed E-state index contributed by atoms with van der Waals surface area (Å²) in [6.45, 7) is 1.14. The molecule has 0 aliphatic carbocycles. The van der Waals surface area contributed by atoms with Gasteiger partial charge in [-0.1, -0.05) is 36.8 Å². The van der Waals surface area contributed by atoms with E-state index >= 15 is 0 Å². The monoisotopic (exact) mass is 369 g/mol. The zero-order chi connectivity index (χ0) is 18.1. The molecule has 0 amide bonds. The lowest BCUT2D eigenvalue weighted by Crippen LogP contribution is -2.35. The minimum Gasteiger partial charge on any atom is -0.422 e. The molecule has 0 radical (unpaired) electrons. The summed E-state index contributed by atoms with van der Waals surface area (Å²) in [4.78, 5) is 12.5. The molecule has 0 saturated carbocycles. The number of hydrogen-bond donors (Lipinski definition) is 0. The maximum absolute atomic E-state index is 12.7. The van der Waals surface area contributed by atoms with Crippen LogP contribution in [-0.4, -0.2) is 25.8 Å². The highest BCUT2D eigenvalue weighted by molar-refractivity contribution is 7.89. The first-order chi connectivity index (χ1) is 12.6. The summed E-state index contributed by atoms with van der Waals surface area (Å²) < 4.78 is 32.3. The molecular weight excluding hydrogens is 350 g/mol. The highest BCUT2D eigenvalue weighted by Crippen LogP contribution is 2.25. The van der Waals surface area contributed by atoms with Gasteiger partial charge >= 0.3 is 5.63 Å². The molecule has 5 nitrogen and oxygen atoms in total. The fourth-order valence-corrected chi connectivity index (χ4v) is 4.84. The molecule has 26 heavy (non-hydrogen) atoms. The van der Waals surface area contributed by atoms with Gasteiger partial charge in [-0.3, -0.25) is 0 Å². The molecule has 0 atom stereocenters. The highest BCUT2D eigenvalue weighted by Gasteiger charge is 2.25. The van der Waals surface area contributed by atoms with Gasteiger partial charge in [0, 0.05) is 18.5 Å². The molecule has 1 aliphatic rings. The lowest BCUT2D eigenvalue weighted by molar-refractivity contribution is 0.346.